The number of rotatable bonds is 4. The van der Waals surface area contributed by atoms with E-state index in [1.807, 2.05) is 0 Å². The molecular formula is C23H14ClFN4O3. The van der Waals surface area contributed by atoms with Crippen molar-refractivity contribution in [2.75, 3.05) is 0 Å². The van der Waals surface area contributed by atoms with Crippen molar-refractivity contribution < 1.29 is 8.91 Å². The van der Waals surface area contributed by atoms with E-state index in [0.29, 0.717) is 27.1 Å². The van der Waals surface area contributed by atoms with Crippen LogP contribution in [0.4, 0.5) is 4.39 Å². The quantitative estimate of drug-likeness (QED) is 0.443. The summed E-state index contributed by atoms with van der Waals surface area (Å²) in [5.41, 5.74) is 1.14. The summed E-state index contributed by atoms with van der Waals surface area (Å²) in [4.78, 5) is 32.5. The van der Waals surface area contributed by atoms with Gasteiger partial charge in [-0.1, -0.05) is 41.0 Å². The molecule has 1 N–H and O–H groups in total. The molecule has 0 spiro atoms. The van der Waals surface area contributed by atoms with Gasteiger partial charge in [-0.25, -0.2) is 9.18 Å². The molecule has 0 bridgehead atoms. The average molecular weight is 449 g/mol. The highest BCUT2D eigenvalue weighted by atomic mass is 35.5. The molecule has 0 saturated carbocycles. The molecule has 32 heavy (non-hydrogen) atoms. The van der Waals surface area contributed by atoms with Gasteiger partial charge in [0, 0.05) is 16.1 Å². The largest absolute Gasteiger partial charge is 0.334 e. The van der Waals surface area contributed by atoms with Gasteiger partial charge in [-0.3, -0.25) is 9.36 Å². The average Bonchev–Trinajstić information content (AvgIpc) is 3.28. The SMILES string of the molecule is O=c1[nH]c2cc(-c3nc(-c4cccc(F)c4)no3)ccc2c(=O)n1Cc1ccc(Cl)cc1. The summed E-state index contributed by atoms with van der Waals surface area (Å²) in [7, 11) is 0. The fourth-order valence-electron chi connectivity index (χ4n) is 3.39. The van der Waals surface area contributed by atoms with Crippen molar-refractivity contribution in [3.63, 3.8) is 0 Å². The first-order valence-corrected chi connectivity index (χ1v) is 9.97. The van der Waals surface area contributed by atoms with E-state index in [1.165, 1.54) is 12.1 Å². The maximum absolute atomic E-state index is 13.5. The summed E-state index contributed by atoms with van der Waals surface area (Å²) in [6, 6.07) is 17.6. The third kappa shape index (κ3) is 3.72. The zero-order valence-electron chi connectivity index (χ0n) is 16.4. The third-order valence-corrected chi connectivity index (χ3v) is 5.24. The smallest absolute Gasteiger partial charge is 0.329 e. The van der Waals surface area contributed by atoms with Crippen LogP contribution < -0.4 is 11.2 Å². The fourth-order valence-corrected chi connectivity index (χ4v) is 3.52. The van der Waals surface area contributed by atoms with Crippen LogP contribution in [0.15, 0.2) is 80.8 Å². The summed E-state index contributed by atoms with van der Waals surface area (Å²) < 4.78 is 19.9. The van der Waals surface area contributed by atoms with Crippen LogP contribution >= 0.6 is 11.6 Å². The summed E-state index contributed by atoms with van der Waals surface area (Å²) >= 11 is 5.89. The standard InChI is InChI=1S/C23H14ClFN4O3/c24-16-7-4-13(5-8-16)12-29-22(30)18-9-6-15(11-19(18)26-23(29)31)21-27-20(28-32-21)14-2-1-3-17(25)10-14/h1-11H,12H2,(H,26,31). The molecule has 9 heteroatoms. The molecule has 0 amide bonds. The van der Waals surface area contributed by atoms with Gasteiger partial charge in [0.05, 0.1) is 17.4 Å². The number of fused-ring (bicyclic) bond motifs is 1. The van der Waals surface area contributed by atoms with Crippen molar-refractivity contribution in [1.82, 2.24) is 19.7 Å². The van der Waals surface area contributed by atoms with Gasteiger partial charge in [-0.05, 0) is 48.0 Å². The first-order valence-electron chi connectivity index (χ1n) is 9.59. The van der Waals surface area contributed by atoms with E-state index in [2.05, 4.69) is 15.1 Å². The molecule has 0 saturated heterocycles. The molecule has 0 fully saturated rings. The van der Waals surface area contributed by atoms with Crippen LogP contribution in [-0.4, -0.2) is 19.7 Å². The fraction of sp³-hybridized carbons (Fsp3) is 0.0435. The van der Waals surface area contributed by atoms with Crippen molar-refractivity contribution in [2.45, 2.75) is 6.54 Å². The number of benzene rings is 3. The maximum Gasteiger partial charge on any atom is 0.329 e. The van der Waals surface area contributed by atoms with Gasteiger partial charge in [0.15, 0.2) is 0 Å². The normalized spacial score (nSPS) is 11.2. The Kier molecular flexibility index (Phi) is 4.91. The number of hydrogen-bond donors (Lipinski definition) is 1. The highest BCUT2D eigenvalue weighted by Crippen LogP contribution is 2.24. The maximum atomic E-state index is 13.5. The van der Waals surface area contributed by atoms with Crippen molar-refractivity contribution >= 4 is 22.5 Å². The molecule has 0 radical (unpaired) electrons. The minimum atomic E-state index is -0.541. The van der Waals surface area contributed by atoms with E-state index in [4.69, 9.17) is 16.1 Å². The van der Waals surface area contributed by atoms with Gasteiger partial charge in [0.2, 0.25) is 5.82 Å². The lowest BCUT2D eigenvalue weighted by Crippen LogP contribution is -2.35. The number of halogens is 2. The second-order valence-corrected chi connectivity index (χ2v) is 7.58. The molecule has 5 aromatic rings. The van der Waals surface area contributed by atoms with Gasteiger partial charge in [0.25, 0.3) is 11.4 Å². The number of aromatic nitrogens is 4. The lowest BCUT2D eigenvalue weighted by molar-refractivity contribution is 0.432. The molecule has 0 atom stereocenters. The highest BCUT2D eigenvalue weighted by molar-refractivity contribution is 6.30. The van der Waals surface area contributed by atoms with E-state index < -0.39 is 17.1 Å². The van der Waals surface area contributed by atoms with E-state index in [1.54, 1.807) is 54.6 Å². The van der Waals surface area contributed by atoms with Crippen LogP contribution in [-0.2, 0) is 6.54 Å². The van der Waals surface area contributed by atoms with Gasteiger partial charge in [-0.2, -0.15) is 4.98 Å². The van der Waals surface area contributed by atoms with Crippen LogP contribution in [0.1, 0.15) is 5.56 Å². The minimum absolute atomic E-state index is 0.115. The molecule has 0 unspecified atom stereocenters. The zero-order chi connectivity index (χ0) is 22.2. The molecule has 2 aromatic heterocycles. The first kappa shape index (κ1) is 19.9. The van der Waals surface area contributed by atoms with Crippen molar-refractivity contribution in [1.29, 1.82) is 0 Å². The van der Waals surface area contributed by atoms with Crippen molar-refractivity contribution in [3.05, 3.63) is 104 Å². The Bertz CT molecular complexity index is 1570. The van der Waals surface area contributed by atoms with E-state index in [0.717, 1.165) is 10.1 Å². The van der Waals surface area contributed by atoms with Crippen LogP contribution in [0, 0.1) is 5.82 Å². The van der Waals surface area contributed by atoms with Crippen LogP contribution in [0.25, 0.3) is 33.7 Å². The Balaban J connectivity index is 1.52. The Hall–Kier alpha value is -4.04. The predicted molar refractivity (Wildman–Crippen MR) is 118 cm³/mol. The zero-order valence-corrected chi connectivity index (χ0v) is 17.1. The van der Waals surface area contributed by atoms with Crippen molar-refractivity contribution in [3.8, 4) is 22.8 Å². The van der Waals surface area contributed by atoms with E-state index >= 15 is 0 Å². The Morgan fingerprint density at radius 2 is 1.81 bits per heavy atom. The summed E-state index contributed by atoms with van der Waals surface area (Å²) in [5, 5.41) is 4.80. The highest BCUT2D eigenvalue weighted by Gasteiger charge is 2.14. The topological polar surface area (TPSA) is 93.8 Å². The Morgan fingerprint density at radius 1 is 1.00 bits per heavy atom. The molecule has 3 aromatic carbocycles. The number of aromatic amines is 1. The monoisotopic (exact) mass is 448 g/mol. The minimum Gasteiger partial charge on any atom is -0.334 e. The van der Waals surface area contributed by atoms with Gasteiger partial charge in [-0.15, -0.1) is 0 Å². The predicted octanol–water partition coefficient (Wildman–Crippen LogP) is 4.25. The number of H-pyrrole nitrogens is 1. The molecule has 0 aliphatic rings. The number of nitrogens with zero attached hydrogens (tertiary/aromatic N) is 3. The first-order chi connectivity index (χ1) is 15.5. The summed E-state index contributed by atoms with van der Waals surface area (Å²) in [5.74, 6) is -0.00386. The van der Waals surface area contributed by atoms with Crippen LogP contribution in [0.3, 0.4) is 0 Å². The molecular weight excluding hydrogens is 435 g/mol. The van der Waals surface area contributed by atoms with E-state index in [-0.39, 0.29) is 18.3 Å². The Morgan fingerprint density at radius 3 is 2.59 bits per heavy atom. The molecule has 158 valence electrons. The van der Waals surface area contributed by atoms with Crippen LogP contribution in [0.5, 0.6) is 0 Å². The Labute approximate surface area is 184 Å². The second kappa shape index (κ2) is 7.90. The molecule has 7 nitrogen and oxygen atoms in total. The molecule has 2 heterocycles. The molecule has 0 aliphatic carbocycles. The van der Waals surface area contributed by atoms with Crippen LogP contribution in [0.2, 0.25) is 5.02 Å². The van der Waals surface area contributed by atoms with E-state index in [9.17, 15) is 14.0 Å². The molecule has 5 rings (SSSR count). The second-order valence-electron chi connectivity index (χ2n) is 7.14. The van der Waals surface area contributed by atoms with Gasteiger partial charge >= 0.3 is 5.69 Å². The van der Waals surface area contributed by atoms with Gasteiger partial charge in [0.1, 0.15) is 5.82 Å². The van der Waals surface area contributed by atoms with Crippen molar-refractivity contribution in [2.24, 2.45) is 0 Å². The third-order valence-electron chi connectivity index (χ3n) is 4.99. The number of hydrogen-bond acceptors (Lipinski definition) is 5. The molecule has 0 aliphatic heterocycles. The summed E-state index contributed by atoms with van der Waals surface area (Å²) in [6.07, 6.45) is 0. The van der Waals surface area contributed by atoms with Gasteiger partial charge < -0.3 is 9.51 Å². The lowest BCUT2D eigenvalue weighted by Gasteiger charge is -2.07. The summed E-state index contributed by atoms with van der Waals surface area (Å²) in [6.45, 7) is 0.115. The lowest BCUT2D eigenvalue weighted by atomic mass is 10.1. The number of nitrogens with one attached hydrogen (secondary N) is 1.